The Morgan fingerprint density at radius 2 is 2.06 bits per heavy atom. The van der Waals surface area contributed by atoms with Crippen molar-refractivity contribution in [3.05, 3.63) is 29.3 Å². The largest absolute Gasteiger partial charge is 0.506 e. The van der Waals surface area contributed by atoms with Crippen molar-refractivity contribution in [3.8, 4) is 11.8 Å². The monoisotopic (exact) mass is 268 g/mol. The zero-order chi connectivity index (χ0) is 12.3. The van der Waals surface area contributed by atoms with E-state index in [0.29, 0.717) is 11.5 Å². The van der Waals surface area contributed by atoms with E-state index in [4.69, 9.17) is 15.7 Å². The van der Waals surface area contributed by atoms with Crippen LogP contribution in [0.1, 0.15) is 30.0 Å². The third-order valence-electron chi connectivity index (χ3n) is 3.32. The molecule has 5 heteroatoms. The number of hydrogen-bond donors (Lipinski definition) is 2. The van der Waals surface area contributed by atoms with Crippen molar-refractivity contribution >= 4 is 12.4 Å². The number of nitrogens with zero attached hydrogens (tertiary/aromatic N) is 1. The van der Waals surface area contributed by atoms with Crippen molar-refractivity contribution in [2.24, 2.45) is 11.7 Å². The van der Waals surface area contributed by atoms with E-state index in [1.54, 1.807) is 18.2 Å². The van der Waals surface area contributed by atoms with Gasteiger partial charge in [0.1, 0.15) is 11.8 Å². The maximum Gasteiger partial charge on any atom is 0.138 e. The Bertz CT molecular complexity index is 439. The van der Waals surface area contributed by atoms with Crippen molar-refractivity contribution < 1.29 is 9.84 Å². The summed E-state index contributed by atoms with van der Waals surface area (Å²) >= 11 is 0. The van der Waals surface area contributed by atoms with Gasteiger partial charge in [-0.05, 0) is 24.8 Å². The smallest absolute Gasteiger partial charge is 0.138 e. The van der Waals surface area contributed by atoms with E-state index in [1.807, 2.05) is 6.07 Å². The Morgan fingerprint density at radius 3 is 2.67 bits per heavy atom. The molecule has 1 heterocycles. The van der Waals surface area contributed by atoms with Crippen LogP contribution in [0.15, 0.2) is 18.2 Å². The van der Waals surface area contributed by atoms with Gasteiger partial charge in [-0.25, -0.2) is 0 Å². The standard InChI is InChI=1S/C13H16N2O2.ClH/c14-8-10-2-1-3-11(13(10)16)12(15)9-4-6-17-7-5-9;/h1-3,9,12,16H,4-7,15H2;1H/t12-;/m1./s1. The first-order chi connectivity index (χ1) is 8.24. The molecule has 98 valence electrons. The maximum absolute atomic E-state index is 9.96. The van der Waals surface area contributed by atoms with Crippen LogP contribution in [0.3, 0.4) is 0 Å². The number of hydrogen-bond acceptors (Lipinski definition) is 4. The number of rotatable bonds is 2. The Balaban J connectivity index is 0.00000162. The summed E-state index contributed by atoms with van der Waals surface area (Å²) < 4.78 is 5.29. The lowest BCUT2D eigenvalue weighted by atomic mass is 9.87. The van der Waals surface area contributed by atoms with Gasteiger partial charge in [0.25, 0.3) is 0 Å². The summed E-state index contributed by atoms with van der Waals surface area (Å²) in [6.45, 7) is 1.44. The van der Waals surface area contributed by atoms with Gasteiger partial charge in [0.2, 0.25) is 0 Å². The highest BCUT2D eigenvalue weighted by molar-refractivity contribution is 5.85. The fourth-order valence-corrected chi connectivity index (χ4v) is 2.25. The van der Waals surface area contributed by atoms with Gasteiger partial charge < -0.3 is 15.6 Å². The van der Waals surface area contributed by atoms with E-state index in [9.17, 15) is 5.11 Å². The molecule has 4 nitrogen and oxygen atoms in total. The number of nitrogens with two attached hydrogens (primary N) is 1. The minimum absolute atomic E-state index is 0. The first-order valence-corrected chi connectivity index (χ1v) is 5.79. The van der Waals surface area contributed by atoms with Gasteiger partial charge in [0, 0.05) is 24.8 Å². The first-order valence-electron chi connectivity index (χ1n) is 5.79. The number of aromatic hydroxyl groups is 1. The highest BCUT2D eigenvalue weighted by Gasteiger charge is 2.24. The molecule has 0 spiro atoms. The summed E-state index contributed by atoms with van der Waals surface area (Å²) in [5.74, 6) is 0.331. The molecule has 1 aliphatic rings. The molecular formula is C13H17ClN2O2. The third kappa shape index (κ3) is 2.94. The minimum atomic E-state index is -0.229. The van der Waals surface area contributed by atoms with Gasteiger partial charge in [0.15, 0.2) is 0 Å². The van der Waals surface area contributed by atoms with Gasteiger partial charge in [-0.3, -0.25) is 0 Å². The zero-order valence-corrected chi connectivity index (χ0v) is 10.8. The van der Waals surface area contributed by atoms with E-state index < -0.39 is 0 Å². The predicted molar refractivity (Wildman–Crippen MR) is 70.5 cm³/mol. The van der Waals surface area contributed by atoms with Crippen molar-refractivity contribution in [1.82, 2.24) is 0 Å². The van der Waals surface area contributed by atoms with Crippen LogP contribution >= 0.6 is 12.4 Å². The maximum atomic E-state index is 9.96. The second kappa shape index (κ2) is 6.60. The van der Waals surface area contributed by atoms with Crippen LogP contribution in [0, 0.1) is 17.2 Å². The molecule has 0 bridgehead atoms. The quantitative estimate of drug-likeness (QED) is 0.861. The molecule has 1 fully saturated rings. The van der Waals surface area contributed by atoms with Gasteiger partial charge in [-0.15, -0.1) is 12.4 Å². The molecule has 1 aromatic rings. The zero-order valence-electron chi connectivity index (χ0n) is 10.0. The lowest BCUT2D eigenvalue weighted by molar-refractivity contribution is 0.0581. The number of nitriles is 1. The van der Waals surface area contributed by atoms with Crippen molar-refractivity contribution in [2.75, 3.05) is 13.2 Å². The molecule has 1 atom stereocenters. The molecule has 0 saturated carbocycles. The summed E-state index contributed by atoms with van der Waals surface area (Å²) in [6.07, 6.45) is 1.80. The number of para-hydroxylation sites is 1. The predicted octanol–water partition coefficient (Wildman–Crippen LogP) is 2.11. The first kappa shape index (κ1) is 14.8. The van der Waals surface area contributed by atoms with E-state index in [0.717, 1.165) is 26.1 Å². The summed E-state index contributed by atoms with van der Waals surface area (Å²) in [6, 6.07) is 6.87. The summed E-state index contributed by atoms with van der Waals surface area (Å²) in [5.41, 5.74) is 7.11. The molecule has 0 unspecified atom stereocenters. The number of halogens is 1. The minimum Gasteiger partial charge on any atom is -0.506 e. The van der Waals surface area contributed by atoms with Crippen LogP contribution in [0.5, 0.6) is 5.75 Å². The van der Waals surface area contributed by atoms with E-state index in [1.165, 1.54) is 0 Å². The topological polar surface area (TPSA) is 79.3 Å². The van der Waals surface area contributed by atoms with Crippen LogP contribution in [-0.2, 0) is 4.74 Å². The fraction of sp³-hybridized carbons (Fsp3) is 0.462. The number of benzene rings is 1. The number of phenols is 1. The summed E-state index contributed by atoms with van der Waals surface area (Å²) in [4.78, 5) is 0. The highest BCUT2D eigenvalue weighted by Crippen LogP contribution is 2.34. The Labute approximate surface area is 113 Å². The summed E-state index contributed by atoms with van der Waals surface area (Å²) in [5, 5.41) is 18.8. The lowest BCUT2D eigenvalue weighted by Crippen LogP contribution is -2.27. The molecular weight excluding hydrogens is 252 g/mol. The number of phenolic OH excluding ortho intramolecular Hbond substituents is 1. The molecule has 0 aromatic heterocycles. The molecule has 1 aromatic carbocycles. The SMILES string of the molecule is Cl.N#Cc1cccc([C@H](N)C2CCOCC2)c1O. The molecule has 0 radical (unpaired) electrons. The van der Waals surface area contributed by atoms with Crippen LogP contribution in [0.4, 0.5) is 0 Å². The second-order valence-corrected chi connectivity index (χ2v) is 4.33. The molecule has 2 rings (SSSR count). The molecule has 0 amide bonds. The Kier molecular flexibility index (Phi) is 5.42. The highest BCUT2D eigenvalue weighted by atomic mass is 35.5. The van der Waals surface area contributed by atoms with Crippen LogP contribution in [0.25, 0.3) is 0 Å². The average Bonchev–Trinajstić information content (AvgIpc) is 2.39. The van der Waals surface area contributed by atoms with E-state index in [-0.39, 0.29) is 29.8 Å². The summed E-state index contributed by atoms with van der Waals surface area (Å²) in [7, 11) is 0. The van der Waals surface area contributed by atoms with E-state index >= 15 is 0 Å². The van der Waals surface area contributed by atoms with Gasteiger partial charge >= 0.3 is 0 Å². The van der Waals surface area contributed by atoms with Crippen molar-refractivity contribution in [3.63, 3.8) is 0 Å². The molecule has 1 saturated heterocycles. The van der Waals surface area contributed by atoms with Crippen LogP contribution < -0.4 is 5.73 Å². The molecule has 18 heavy (non-hydrogen) atoms. The Morgan fingerprint density at radius 1 is 1.39 bits per heavy atom. The average molecular weight is 269 g/mol. The van der Waals surface area contributed by atoms with Crippen LogP contribution in [0.2, 0.25) is 0 Å². The molecule has 3 N–H and O–H groups in total. The van der Waals surface area contributed by atoms with Gasteiger partial charge in [0.05, 0.1) is 5.56 Å². The van der Waals surface area contributed by atoms with Crippen LogP contribution in [-0.4, -0.2) is 18.3 Å². The number of ether oxygens (including phenoxy) is 1. The van der Waals surface area contributed by atoms with Gasteiger partial charge in [-0.2, -0.15) is 5.26 Å². The fourth-order valence-electron chi connectivity index (χ4n) is 2.25. The van der Waals surface area contributed by atoms with Crippen molar-refractivity contribution in [2.45, 2.75) is 18.9 Å². The Hall–Kier alpha value is -1.28. The van der Waals surface area contributed by atoms with E-state index in [2.05, 4.69) is 0 Å². The normalized spacial score (nSPS) is 17.6. The lowest BCUT2D eigenvalue weighted by Gasteiger charge is -2.28. The molecule has 1 aliphatic heterocycles. The van der Waals surface area contributed by atoms with Crippen molar-refractivity contribution in [1.29, 1.82) is 5.26 Å². The third-order valence-corrected chi connectivity index (χ3v) is 3.32. The van der Waals surface area contributed by atoms with Gasteiger partial charge in [-0.1, -0.05) is 12.1 Å². The second-order valence-electron chi connectivity index (χ2n) is 4.33. The molecule has 0 aliphatic carbocycles.